The Bertz CT molecular complexity index is 847. The first-order valence-electron chi connectivity index (χ1n) is 8.17. The number of ether oxygens (including phenoxy) is 1. The van der Waals surface area contributed by atoms with Crippen molar-refractivity contribution in [1.29, 1.82) is 0 Å². The molecule has 0 bridgehead atoms. The molecule has 1 unspecified atom stereocenters. The Labute approximate surface area is 152 Å². The lowest BCUT2D eigenvalue weighted by Crippen LogP contribution is -2.30. The molecule has 25 heavy (non-hydrogen) atoms. The van der Waals surface area contributed by atoms with Gasteiger partial charge >= 0.3 is 5.97 Å². The highest BCUT2D eigenvalue weighted by Gasteiger charge is 2.30. The number of nitrogens with zero attached hydrogens (tertiary/aromatic N) is 1. The van der Waals surface area contributed by atoms with Crippen molar-refractivity contribution >= 4 is 23.5 Å². The average Bonchev–Trinajstić information content (AvgIpc) is 3.04. The van der Waals surface area contributed by atoms with Crippen LogP contribution in [0.1, 0.15) is 49.9 Å². The summed E-state index contributed by atoms with van der Waals surface area (Å²) >= 11 is 6.22. The van der Waals surface area contributed by atoms with E-state index in [0.29, 0.717) is 16.1 Å². The summed E-state index contributed by atoms with van der Waals surface area (Å²) < 4.78 is 4.80. The van der Waals surface area contributed by atoms with E-state index in [1.54, 1.807) is 24.1 Å². The molecule has 2 aromatic carbocycles. The Morgan fingerprint density at radius 2 is 1.96 bits per heavy atom. The van der Waals surface area contributed by atoms with E-state index in [9.17, 15) is 9.59 Å². The van der Waals surface area contributed by atoms with Crippen molar-refractivity contribution < 1.29 is 14.3 Å². The van der Waals surface area contributed by atoms with Crippen LogP contribution in [0.25, 0.3) is 0 Å². The van der Waals surface area contributed by atoms with Gasteiger partial charge in [-0.05, 0) is 55.2 Å². The summed E-state index contributed by atoms with van der Waals surface area (Å²) in [5, 5.41) is 0.448. The van der Waals surface area contributed by atoms with Gasteiger partial charge in [-0.2, -0.15) is 0 Å². The van der Waals surface area contributed by atoms with Gasteiger partial charge in [0.1, 0.15) is 0 Å². The molecule has 130 valence electrons. The summed E-state index contributed by atoms with van der Waals surface area (Å²) in [5.74, 6) is -0.487. The number of carbonyl (C=O) groups excluding carboxylic acids is 2. The maximum Gasteiger partial charge on any atom is 0.337 e. The van der Waals surface area contributed by atoms with Crippen molar-refractivity contribution in [3.63, 3.8) is 0 Å². The van der Waals surface area contributed by atoms with E-state index in [0.717, 1.165) is 29.5 Å². The van der Waals surface area contributed by atoms with Gasteiger partial charge in [-0.25, -0.2) is 4.79 Å². The summed E-state index contributed by atoms with van der Waals surface area (Å²) in [6.07, 6.45) is 1.70. The van der Waals surface area contributed by atoms with Gasteiger partial charge in [0.05, 0.1) is 29.3 Å². The molecular weight excluding hydrogens is 338 g/mol. The van der Waals surface area contributed by atoms with Crippen LogP contribution in [-0.4, -0.2) is 30.9 Å². The normalized spacial score (nSPS) is 15.6. The zero-order valence-corrected chi connectivity index (χ0v) is 15.3. The molecule has 0 aromatic heterocycles. The molecule has 0 aliphatic heterocycles. The summed E-state index contributed by atoms with van der Waals surface area (Å²) in [7, 11) is 3.15. The Morgan fingerprint density at radius 1 is 1.20 bits per heavy atom. The van der Waals surface area contributed by atoms with Crippen LogP contribution in [0.4, 0.5) is 0 Å². The van der Waals surface area contributed by atoms with Gasteiger partial charge in [-0.1, -0.05) is 29.3 Å². The van der Waals surface area contributed by atoms with Crippen LogP contribution in [0.2, 0.25) is 5.02 Å². The molecule has 0 heterocycles. The number of esters is 1. The van der Waals surface area contributed by atoms with E-state index in [-0.39, 0.29) is 17.9 Å². The second kappa shape index (κ2) is 6.89. The van der Waals surface area contributed by atoms with Crippen molar-refractivity contribution in [1.82, 2.24) is 4.90 Å². The summed E-state index contributed by atoms with van der Waals surface area (Å²) in [6, 6.07) is 10.9. The number of rotatable bonds is 3. The molecule has 1 aliphatic rings. The third kappa shape index (κ3) is 3.27. The van der Waals surface area contributed by atoms with E-state index < -0.39 is 0 Å². The fourth-order valence-corrected chi connectivity index (χ4v) is 3.56. The molecule has 4 nitrogen and oxygen atoms in total. The Hall–Kier alpha value is -2.33. The monoisotopic (exact) mass is 357 g/mol. The van der Waals surface area contributed by atoms with Crippen LogP contribution in [0, 0.1) is 6.92 Å². The summed E-state index contributed by atoms with van der Waals surface area (Å²) in [6.45, 7) is 1.93. The Kier molecular flexibility index (Phi) is 4.82. The molecule has 1 amide bonds. The van der Waals surface area contributed by atoms with E-state index >= 15 is 0 Å². The predicted octanol–water partition coefficient (Wildman–Crippen LogP) is 4.19. The first-order valence-corrected chi connectivity index (χ1v) is 8.54. The topological polar surface area (TPSA) is 46.6 Å². The average molecular weight is 358 g/mol. The highest BCUT2D eigenvalue weighted by Crippen LogP contribution is 2.37. The van der Waals surface area contributed by atoms with E-state index in [1.807, 2.05) is 31.2 Å². The van der Waals surface area contributed by atoms with Gasteiger partial charge < -0.3 is 9.64 Å². The number of hydrogen-bond donors (Lipinski definition) is 0. The maximum atomic E-state index is 12.9. The van der Waals surface area contributed by atoms with Gasteiger partial charge in [0, 0.05) is 7.05 Å². The number of carbonyl (C=O) groups is 2. The van der Waals surface area contributed by atoms with Crippen molar-refractivity contribution in [2.24, 2.45) is 0 Å². The summed E-state index contributed by atoms with van der Waals surface area (Å²) in [4.78, 5) is 26.5. The predicted molar refractivity (Wildman–Crippen MR) is 97.1 cm³/mol. The Morgan fingerprint density at radius 3 is 2.68 bits per heavy atom. The van der Waals surface area contributed by atoms with Crippen LogP contribution in [0.15, 0.2) is 36.4 Å². The van der Waals surface area contributed by atoms with Crippen molar-refractivity contribution in [3.05, 3.63) is 69.2 Å². The van der Waals surface area contributed by atoms with E-state index in [2.05, 4.69) is 0 Å². The zero-order chi connectivity index (χ0) is 18.1. The number of hydrogen-bond acceptors (Lipinski definition) is 3. The van der Waals surface area contributed by atoms with Gasteiger partial charge in [0.15, 0.2) is 0 Å². The SMILES string of the molecule is COC(=O)c1ccc2c(c1)C(N(C)C(=O)c1cc(C)ccc1Cl)CC2. The van der Waals surface area contributed by atoms with Crippen LogP contribution in [0.3, 0.4) is 0 Å². The molecule has 5 heteroatoms. The third-order valence-electron chi connectivity index (χ3n) is 4.75. The van der Waals surface area contributed by atoms with Crippen LogP contribution in [0.5, 0.6) is 0 Å². The molecule has 2 aromatic rings. The molecule has 1 atom stereocenters. The molecule has 0 N–H and O–H groups in total. The quantitative estimate of drug-likeness (QED) is 0.773. The molecule has 0 saturated carbocycles. The van der Waals surface area contributed by atoms with Crippen molar-refractivity contribution in [2.75, 3.05) is 14.2 Å². The molecule has 0 saturated heterocycles. The first-order chi connectivity index (χ1) is 11.9. The zero-order valence-electron chi connectivity index (χ0n) is 14.5. The van der Waals surface area contributed by atoms with Gasteiger partial charge in [0.2, 0.25) is 0 Å². The lowest BCUT2D eigenvalue weighted by Gasteiger charge is -2.26. The Balaban J connectivity index is 1.92. The smallest absolute Gasteiger partial charge is 0.337 e. The lowest BCUT2D eigenvalue weighted by atomic mass is 10.0. The molecule has 0 radical (unpaired) electrons. The standard InChI is InChI=1S/C20H20ClNO3/c1-12-4-8-17(21)16(10-12)19(23)22(2)18-9-7-13-5-6-14(11-15(13)18)20(24)25-3/h4-6,8,10-11,18H,7,9H2,1-3H3. The third-order valence-corrected chi connectivity index (χ3v) is 5.08. The second-order valence-electron chi connectivity index (χ2n) is 6.36. The molecule has 0 spiro atoms. The fourth-order valence-electron chi connectivity index (χ4n) is 3.36. The fraction of sp³-hybridized carbons (Fsp3) is 0.300. The molecular formula is C20H20ClNO3. The molecule has 3 rings (SSSR count). The maximum absolute atomic E-state index is 12.9. The highest BCUT2D eigenvalue weighted by molar-refractivity contribution is 6.33. The number of benzene rings is 2. The number of amides is 1. The number of fused-ring (bicyclic) bond motifs is 1. The van der Waals surface area contributed by atoms with E-state index in [4.69, 9.17) is 16.3 Å². The second-order valence-corrected chi connectivity index (χ2v) is 6.77. The summed E-state index contributed by atoms with van der Waals surface area (Å²) in [5.41, 5.74) is 4.15. The number of halogens is 1. The van der Waals surface area contributed by atoms with Gasteiger partial charge in [-0.3, -0.25) is 4.79 Å². The van der Waals surface area contributed by atoms with Crippen molar-refractivity contribution in [3.8, 4) is 0 Å². The molecule has 1 aliphatic carbocycles. The minimum absolute atomic E-state index is 0.0799. The molecule has 0 fully saturated rings. The lowest BCUT2D eigenvalue weighted by molar-refractivity contribution is 0.0600. The minimum Gasteiger partial charge on any atom is -0.465 e. The first kappa shape index (κ1) is 17.5. The van der Waals surface area contributed by atoms with Crippen LogP contribution < -0.4 is 0 Å². The minimum atomic E-state index is -0.371. The van der Waals surface area contributed by atoms with Crippen molar-refractivity contribution in [2.45, 2.75) is 25.8 Å². The highest BCUT2D eigenvalue weighted by atomic mass is 35.5. The number of aryl methyl sites for hydroxylation is 2. The van der Waals surface area contributed by atoms with Crippen LogP contribution in [-0.2, 0) is 11.2 Å². The van der Waals surface area contributed by atoms with Gasteiger partial charge in [0.25, 0.3) is 5.91 Å². The largest absolute Gasteiger partial charge is 0.465 e. The van der Waals surface area contributed by atoms with E-state index in [1.165, 1.54) is 7.11 Å². The number of methoxy groups -OCH3 is 1. The van der Waals surface area contributed by atoms with Crippen LogP contribution >= 0.6 is 11.6 Å². The van der Waals surface area contributed by atoms with Gasteiger partial charge in [-0.15, -0.1) is 0 Å².